The van der Waals surface area contributed by atoms with Crippen LogP contribution in [0.1, 0.15) is 0 Å². The zero-order valence-corrected chi connectivity index (χ0v) is 9.81. The normalized spacial score (nSPS) is 18.5. The summed E-state index contributed by atoms with van der Waals surface area (Å²) in [5, 5.41) is -2.50. The average molecular weight is 324 g/mol. The fourth-order valence-corrected chi connectivity index (χ4v) is 2.30. The Bertz CT molecular complexity index is 589. The molecule has 0 atom stereocenters. The van der Waals surface area contributed by atoms with Crippen molar-refractivity contribution in [3.63, 3.8) is 0 Å². The Morgan fingerprint density at radius 1 is 0.950 bits per heavy atom. The lowest BCUT2D eigenvalue weighted by Gasteiger charge is -2.22. The van der Waals surface area contributed by atoms with Crippen molar-refractivity contribution in [1.29, 1.82) is 0 Å². The van der Waals surface area contributed by atoms with Crippen molar-refractivity contribution >= 4 is 19.2 Å². The van der Waals surface area contributed by atoms with Gasteiger partial charge in [-0.3, -0.25) is 14.2 Å². The summed E-state index contributed by atoms with van der Waals surface area (Å²) < 4.78 is 85.3. The third kappa shape index (κ3) is 3.00. The predicted octanol–water partition coefficient (Wildman–Crippen LogP) is 1.62. The summed E-state index contributed by atoms with van der Waals surface area (Å²) in [6, 6.07) is 0. The first-order valence-electron chi connectivity index (χ1n) is 4.43. The lowest BCUT2D eigenvalue weighted by molar-refractivity contribution is -0.134. The van der Waals surface area contributed by atoms with Crippen molar-refractivity contribution in [3.8, 4) is 0 Å². The lowest BCUT2D eigenvalue weighted by Crippen LogP contribution is -2.33. The maximum absolute atomic E-state index is 12.5. The smallest absolute Gasteiger partial charge is 0.321 e. The molecule has 5 nitrogen and oxygen atoms in total. The van der Waals surface area contributed by atoms with Crippen LogP contribution >= 0.6 is 7.60 Å². The number of ketones is 2. The van der Waals surface area contributed by atoms with Gasteiger partial charge in [0.05, 0.1) is 0 Å². The summed E-state index contributed by atoms with van der Waals surface area (Å²) in [5.41, 5.74) is -4.96. The van der Waals surface area contributed by atoms with E-state index in [1.807, 2.05) is 0 Å². The quantitative estimate of drug-likeness (QED) is 0.434. The summed E-state index contributed by atoms with van der Waals surface area (Å²) >= 11 is 0. The second-order valence-electron chi connectivity index (χ2n) is 3.51. The maximum atomic E-state index is 12.5. The van der Waals surface area contributed by atoms with Gasteiger partial charge >= 0.3 is 19.9 Å². The average Bonchev–Trinajstić information content (AvgIpc) is 2.14. The molecule has 0 heterocycles. The van der Waals surface area contributed by atoms with Crippen LogP contribution in [0.25, 0.3) is 0 Å². The van der Waals surface area contributed by atoms with Crippen molar-refractivity contribution < 1.29 is 50.3 Å². The van der Waals surface area contributed by atoms with Crippen molar-refractivity contribution in [2.75, 3.05) is 0 Å². The molecule has 0 aromatic carbocycles. The Morgan fingerprint density at radius 2 is 1.40 bits per heavy atom. The Balaban J connectivity index is 3.68. The highest BCUT2D eigenvalue weighted by Gasteiger charge is 2.54. The zero-order chi connectivity index (χ0) is 16.1. The Hall–Kier alpha value is -1.45. The minimum atomic E-state index is -6.05. The molecule has 112 valence electrons. The first-order chi connectivity index (χ1) is 8.67. The second-order valence-corrected chi connectivity index (χ2v) is 5.05. The van der Waals surface area contributed by atoms with Gasteiger partial charge in [-0.25, -0.2) is 0 Å². The summed E-state index contributed by atoms with van der Waals surface area (Å²) in [7, 11) is -6.05. The van der Waals surface area contributed by atoms with E-state index >= 15 is 0 Å². The van der Waals surface area contributed by atoms with Crippen LogP contribution < -0.4 is 0 Å². The molecule has 12 heteroatoms. The fraction of sp³-hybridized carbons (Fsp3) is 0.250. The van der Waals surface area contributed by atoms with E-state index in [4.69, 9.17) is 9.79 Å². The summed E-state index contributed by atoms with van der Waals surface area (Å²) in [4.78, 5) is 39.5. The number of Topliss-reactive ketones (excluding diaryl/α,β-unsaturated/α-hetero) is 1. The van der Waals surface area contributed by atoms with Gasteiger partial charge in [-0.05, 0) is 0 Å². The number of hydrogen-bond donors (Lipinski definition) is 2. The van der Waals surface area contributed by atoms with Crippen LogP contribution in [0, 0.1) is 0 Å². The van der Waals surface area contributed by atoms with E-state index in [2.05, 4.69) is 0 Å². The molecule has 1 rings (SSSR count). The molecular weight excluding hydrogens is 321 g/mol. The number of allylic oxidation sites excluding steroid dienone is 4. The number of alkyl halides is 6. The van der Waals surface area contributed by atoms with Gasteiger partial charge in [0.1, 0.15) is 16.5 Å². The van der Waals surface area contributed by atoms with E-state index in [9.17, 15) is 40.5 Å². The van der Waals surface area contributed by atoms with Crippen molar-refractivity contribution in [2.45, 2.75) is 12.4 Å². The molecule has 0 aliphatic heterocycles. The van der Waals surface area contributed by atoms with E-state index in [-0.39, 0.29) is 0 Å². The first-order valence-corrected chi connectivity index (χ1v) is 6.04. The lowest BCUT2D eigenvalue weighted by atomic mass is 9.96. The highest BCUT2D eigenvalue weighted by atomic mass is 31.2. The maximum Gasteiger partial charge on any atom is 0.421 e. The number of carbonyl (C=O) groups is 2. The van der Waals surface area contributed by atoms with Crippen LogP contribution in [0.4, 0.5) is 26.3 Å². The number of carbonyl (C=O) groups excluding carboxylic acids is 2. The first kappa shape index (κ1) is 16.6. The highest BCUT2D eigenvalue weighted by Crippen LogP contribution is 2.53. The van der Waals surface area contributed by atoms with Gasteiger partial charge in [0.2, 0.25) is 5.78 Å². The molecule has 0 spiro atoms. The molecular formula is C8H3F6O5P. The number of hydrogen-bond acceptors (Lipinski definition) is 3. The van der Waals surface area contributed by atoms with Crippen molar-refractivity contribution in [2.24, 2.45) is 0 Å². The minimum absolute atomic E-state index is 0.635. The molecule has 0 aromatic rings. The topological polar surface area (TPSA) is 91.7 Å². The van der Waals surface area contributed by atoms with Gasteiger partial charge in [-0.15, -0.1) is 0 Å². The Morgan fingerprint density at radius 3 is 1.70 bits per heavy atom. The Kier molecular flexibility index (Phi) is 3.77. The molecule has 2 N–H and O–H groups in total. The van der Waals surface area contributed by atoms with Gasteiger partial charge in [-0.2, -0.15) is 26.3 Å². The zero-order valence-electron chi connectivity index (χ0n) is 8.91. The van der Waals surface area contributed by atoms with E-state index in [0.29, 0.717) is 0 Å². The number of rotatable bonds is 1. The fourth-order valence-electron chi connectivity index (χ4n) is 1.39. The highest BCUT2D eigenvalue weighted by molar-refractivity contribution is 7.58. The monoisotopic (exact) mass is 324 g/mol. The minimum Gasteiger partial charge on any atom is -0.321 e. The van der Waals surface area contributed by atoms with Crippen LogP contribution in [-0.2, 0) is 14.2 Å². The van der Waals surface area contributed by atoms with Crippen LogP contribution in [-0.4, -0.2) is 33.7 Å². The molecule has 0 amide bonds. The van der Waals surface area contributed by atoms with E-state index in [1.54, 1.807) is 0 Å². The Labute approximate surface area is 105 Å². The van der Waals surface area contributed by atoms with Gasteiger partial charge in [0.25, 0.3) is 0 Å². The molecule has 0 saturated carbocycles. The third-order valence-corrected chi connectivity index (χ3v) is 3.11. The predicted molar refractivity (Wildman–Crippen MR) is 49.3 cm³/mol. The SMILES string of the molecule is O=C1C=C(C(F)(F)F)C(=O)C(P(=O)(O)O)=C1C(F)(F)F. The molecule has 0 aromatic heterocycles. The largest absolute Gasteiger partial charge is 0.421 e. The molecule has 0 bridgehead atoms. The van der Waals surface area contributed by atoms with Gasteiger partial charge in [-0.1, -0.05) is 0 Å². The molecule has 0 fully saturated rings. The molecule has 0 radical (unpaired) electrons. The van der Waals surface area contributed by atoms with Crippen LogP contribution in [0.3, 0.4) is 0 Å². The molecule has 1 aliphatic rings. The molecule has 20 heavy (non-hydrogen) atoms. The molecule has 0 saturated heterocycles. The van der Waals surface area contributed by atoms with Crippen LogP contribution in [0.2, 0.25) is 0 Å². The summed E-state index contributed by atoms with van der Waals surface area (Å²) in [6.07, 6.45) is -11.8. The summed E-state index contributed by atoms with van der Waals surface area (Å²) in [6.45, 7) is 0. The molecule has 0 unspecified atom stereocenters. The van der Waals surface area contributed by atoms with Crippen molar-refractivity contribution in [3.05, 3.63) is 22.5 Å². The van der Waals surface area contributed by atoms with Gasteiger partial charge in [0.15, 0.2) is 5.78 Å². The van der Waals surface area contributed by atoms with Crippen LogP contribution in [0.5, 0.6) is 0 Å². The van der Waals surface area contributed by atoms with Crippen molar-refractivity contribution in [1.82, 2.24) is 0 Å². The standard InChI is InChI=1S/C8H3F6O5P/c9-7(10,11)2-1-3(15)4(8(12,13)14)6(5(2)16)20(17,18)19/h1H,(H2,17,18,19). The third-order valence-electron chi connectivity index (χ3n) is 2.10. The second kappa shape index (κ2) is 4.54. The molecule has 1 aliphatic carbocycles. The number of halogens is 6. The van der Waals surface area contributed by atoms with E-state index in [1.165, 1.54) is 0 Å². The van der Waals surface area contributed by atoms with Crippen LogP contribution in [0.15, 0.2) is 22.5 Å². The van der Waals surface area contributed by atoms with E-state index < -0.39 is 54.1 Å². The van der Waals surface area contributed by atoms with Gasteiger partial charge in [0, 0.05) is 6.08 Å². The summed E-state index contributed by atoms with van der Waals surface area (Å²) in [5.74, 6) is -4.92. The van der Waals surface area contributed by atoms with E-state index in [0.717, 1.165) is 0 Å². The van der Waals surface area contributed by atoms with Gasteiger partial charge < -0.3 is 9.79 Å².